The quantitative estimate of drug-likeness (QED) is 0.589. The first-order chi connectivity index (χ1) is 8.49. The van der Waals surface area contributed by atoms with Crippen molar-refractivity contribution in [3.05, 3.63) is 34.2 Å². The molecule has 2 rings (SSSR count). The summed E-state index contributed by atoms with van der Waals surface area (Å²) >= 11 is 0. The number of nitrogens with one attached hydrogen (secondary N) is 1. The predicted octanol–water partition coefficient (Wildman–Crippen LogP) is -1.56. The lowest BCUT2D eigenvalue weighted by atomic mass is 10.2. The molecule has 96 valence electrons. The minimum atomic E-state index is -0.837. The van der Waals surface area contributed by atoms with Gasteiger partial charge in [0, 0.05) is 19.0 Å². The summed E-state index contributed by atoms with van der Waals surface area (Å²) in [5.41, 5.74) is 4.85. The topological polar surface area (TPSA) is 116 Å². The number of nitrogens with two attached hydrogens (primary N) is 1. The Kier molecular flexibility index (Phi) is 3.15. The van der Waals surface area contributed by atoms with Crippen LogP contribution in [0.15, 0.2) is 23.0 Å². The van der Waals surface area contributed by atoms with Crippen LogP contribution in [-0.2, 0) is 4.79 Å². The molecule has 1 saturated heterocycles. The van der Waals surface area contributed by atoms with Crippen molar-refractivity contribution in [3.8, 4) is 0 Å². The average Bonchev–Trinajstić information content (AvgIpc) is 2.70. The molecule has 7 nitrogen and oxygen atoms in total. The van der Waals surface area contributed by atoms with E-state index in [1.807, 2.05) is 0 Å². The van der Waals surface area contributed by atoms with Gasteiger partial charge in [-0.15, -0.1) is 0 Å². The van der Waals surface area contributed by atoms with Crippen LogP contribution >= 0.6 is 0 Å². The molecule has 0 aromatic carbocycles. The van der Waals surface area contributed by atoms with Gasteiger partial charge in [0.1, 0.15) is 11.7 Å². The standard InChI is InChI=1S/C11H13N3O4/c12-10(17)8-4-6(15)5-14(8)11(18)7-2-1-3-9(16)13-7/h1-3,6,8,15H,4-5H2,(H2,12,17)(H,13,16). The first-order valence-corrected chi connectivity index (χ1v) is 5.46. The molecule has 2 amide bonds. The lowest BCUT2D eigenvalue weighted by Crippen LogP contribution is -2.44. The normalized spacial score (nSPS) is 23.1. The summed E-state index contributed by atoms with van der Waals surface area (Å²) in [5.74, 6) is -1.19. The number of hydrogen-bond acceptors (Lipinski definition) is 4. The van der Waals surface area contributed by atoms with Crippen LogP contribution in [0.3, 0.4) is 0 Å². The van der Waals surface area contributed by atoms with E-state index in [-0.39, 0.29) is 18.7 Å². The van der Waals surface area contributed by atoms with Crippen molar-refractivity contribution in [2.24, 2.45) is 5.73 Å². The number of β-amino-alcohol motifs (C(OH)–C–C–N with tert-alkyl or cyclic N) is 1. The van der Waals surface area contributed by atoms with E-state index in [2.05, 4.69) is 4.98 Å². The number of H-pyrrole nitrogens is 1. The van der Waals surface area contributed by atoms with Crippen molar-refractivity contribution >= 4 is 11.8 Å². The number of aromatic nitrogens is 1. The third-order valence-corrected chi connectivity index (χ3v) is 2.87. The number of primary amides is 1. The molecule has 0 spiro atoms. The van der Waals surface area contributed by atoms with Gasteiger partial charge in [0.15, 0.2) is 0 Å². The largest absolute Gasteiger partial charge is 0.391 e. The van der Waals surface area contributed by atoms with Gasteiger partial charge in [-0.1, -0.05) is 6.07 Å². The number of hydrogen-bond donors (Lipinski definition) is 3. The molecule has 0 saturated carbocycles. The van der Waals surface area contributed by atoms with Crippen molar-refractivity contribution in [2.75, 3.05) is 6.54 Å². The zero-order valence-corrected chi connectivity index (χ0v) is 9.50. The van der Waals surface area contributed by atoms with E-state index in [4.69, 9.17) is 5.73 Å². The first-order valence-electron chi connectivity index (χ1n) is 5.46. The maximum absolute atomic E-state index is 12.1. The Hall–Kier alpha value is -2.15. The minimum Gasteiger partial charge on any atom is -0.391 e. The highest BCUT2D eigenvalue weighted by Crippen LogP contribution is 2.19. The van der Waals surface area contributed by atoms with E-state index in [9.17, 15) is 19.5 Å². The van der Waals surface area contributed by atoms with Crippen molar-refractivity contribution in [2.45, 2.75) is 18.6 Å². The van der Waals surface area contributed by atoms with Crippen LogP contribution in [0.5, 0.6) is 0 Å². The van der Waals surface area contributed by atoms with E-state index in [0.29, 0.717) is 0 Å². The highest BCUT2D eigenvalue weighted by molar-refractivity contribution is 5.96. The van der Waals surface area contributed by atoms with Gasteiger partial charge in [0.05, 0.1) is 6.10 Å². The fraction of sp³-hybridized carbons (Fsp3) is 0.364. The van der Waals surface area contributed by atoms with Crippen molar-refractivity contribution in [3.63, 3.8) is 0 Å². The zero-order valence-electron chi connectivity index (χ0n) is 9.50. The summed E-state index contributed by atoms with van der Waals surface area (Å²) in [7, 11) is 0. The van der Waals surface area contributed by atoms with Crippen LogP contribution in [0.4, 0.5) is 0 Å². The van der Waals surface area contributed by atoms with Crippen LogP contribution < -0.4 is 11.3 Å². The van der Waals surface area contributed by atoms with Crippen LogP contribution in [0.25, 0.3) is 0 Å². The Balaban J connectivity index is 2.28. The number of rotatable bonds is 2. The molecule has 1 aromatic rings. The maximum atomic E-state index is 12.1. The molecule has 7 heteroatoms. The predicted molar refractivity (Wildman–Crippen MR) is 61.7 cm³/mol. The summed E-state index contributed by atoms with van der Waals surface area (Å²) in [6.07, 6.45) is -0.653. The lowest BCUT2D eigenvalue weighted by molar-refractivity contribution is -0.121. The fourth-order valence-electron chi connectivity index (χ4n) is 2.04. The second-order valence-electron chi connectivity index (χ2n) is 4.19. The van der Waals surface area contributed by atoms with Crippen LogP contribution in [0, 0.1) is 0 Å². The molecule has 1 fully saturated rings. The molecule has 2 heterocycles. The SMILES string of the molecule is NC(=O)C1CC(O)CN1C(=O)c1cccc(=O)[nH]1. The summed E-state index contributed by atoms with van der Waals surface area (Å²) in [6.45, 7) is 0.0311. The van der Waals surface area contributed by atoms with Gasteiger partial charge in [0.2, 0.25) is 11.5 Å². The smallest absolute Gasteiger partial charge is 0.271 e. The monoisotopic (exact) mass is 251 g/mol. The van der Waals surface area contributed by atoms with Gasteiger partial charge < -0.3 is 20.7 Å². The zero-order chi connectivity index (χ0) is 13.3. The second kappa shape index (κ2) is 4.61. The van der Waals surface area contributed by atoms with Crippen LogP contribution in [0.2, 0.25) is 0 Å². The molecule has 1 aromatic heterocycles. The summed E-state index contributed by atoms with van der Waals surface area (Å²) in [5, 5.41) is 9.50. The number of pyridine rings is 1. The molecule has 0 bridgehead atoms. The van der Waals surface area contributed by atoms with E-state index in [1.165, 1.54) is 23.1 Å². The highest BCUT2D eigenvalue weighted by Gasteiger charge is 2.38. The van der Waals surface area contributed by atoms with E-state index < -0.39 is 29.5 Å². The van der Waals surface area contributed by atoms with Gasteiger partial charge in [-0.25, -0.2) is 0 Å². The highest BCUT2D eigenvalue weighted by atomic mass is 16.3. The van der Waals surface area contributed by atoms with Crippen LogP contribution in [-0.4, -0.2) is 45.5 Å². The van der Waals surface area contributed by atoms with Crippen LogP contribution in [0.1, 0.15) is 16.9 Å². The van der Waals surface area contributed by atoms with E-state index >= 15 is 0 Å². The maximum Gasteiger partial charge on any atom is 0.271 e. The molecule has 2 atom stereocenters. The molecule has 18 heavy (non-hydrogen) atoms. The summed E-state index contributed by atoms with van der Waals surface area (Å²) in [4.78, 5) is 38.0. The van der Waals surface area contributed by atoms with Gasteiger partial charge in [-0.05, 0) is 6.07 Å². The fourth-order valence-corrected chi connectivity index (χ4v) is 2.04. The summed E-state index contributed by atoms with van der Waals surface area (Å²) < 4.78 is 0. The summed E-state index contributed by atoms with van der Waals surface area (Å²) in [6, 6.07) is 3.32. The number of aliphatic hydroxyl groups excluding tert-OH is 1. The molecule has 2 unspecified atom stereocenters. The van der Waals surface area contributed by atoms with Gasteiger partial charge >= 0.3 is 0 Å². The Morgan fingerprint density at radius 1 is 1.44 bits per heavy atom. The second-order valence-corrected chi connectivity index (χ2v) is 4.19. The molecule has 0 radical (unpaired) electrons. The first kappa shape index (κ1) is 12.3. The molecular formula is C11H13N3O4. The number of amides is 2. The number of nitrogens with zero attached hydrogens (tertiary/aromatic N) is 1. The van der Waals surface area contributed by atoms with E-state index in [0.717, 1.165) is 0 Å². The van der Waals surface area contributed by atoms with Gasteiger partial charge in [-0.2, -0.15) is 0 Å². The van der Waals surface area contributed by atoms with Crippen molar-refractivity contribution in [1.29, 1.82) is 0 Å². The molecule has 4 N–H and O–H groups in total. The number of likely N-dealkylation sites (tertiary alicyclic amines) is 1. The van der Waals surface area contributed by atoms with Gasteiger partial charge in [-0.3, -0.25) is 14.4 Å². The molecular weight excluding hydrogens is 238 g/mol. The van der Waals surface area contributed by atoms with Gasteiger partial charge in [0.25, 0.3) is 5.91 Å². The average molecular weight is 251 g/mol. The third kappa shape index (κ3) is 2.25. The number of carbonyl (C=O) groups is 2. The van der Waals surface area contributed by atoms with Crippen molar-refractivity contribution < 1.29 is 14.7 Å². The minimum absolute atomic E-state index is 0.0311. The Morgan fingerprint density at radius 3 is 2.78 bits per heavy atom. The molecule has 1 aliphatic heterocycles. The Morgan fingerprint density at radius 2 is 2.17 bits per heavy atom. The van der Waals surface area contributed by atoms with Crippen molar-refractivity contribution in [1.82, 2.24) is 9.88 Å². The molecule has 0 aliphatic carbocycles. The molecule has 1 aliphatic rings. The Bertz CT molecular complexity index is 539. The Labute approximate surface area is 102 Å². The number of aliphatic hydroxyl groups is 1. The number of aromatic amines is 1. The lowest BCUT2D eigenvalue weighted by Gasteiger charge is -2.21. The third-order valence-electron chi connectivity index (χ3n) is 2.87. The van der Waals surface area contributed by atoms with E-state index in [1.54, 1.807) is 0 Å². The number of carbonyl (C=O) groups excluding carboxylic acids is 2.